The molecule has 0 bridgehead atoms. The van der Waals surface area contributed by atoms with Gasteiger partial charge < -0.3 is 4.74 Å². The summed E-state index contributed by atoms with van der Waals surface area (Å²) in [6, 6.07) is 11.6. The van der Waals surface area contributed by atoms with Gasteiger partial charge in [-0.1, -0.05) is 41.9 Å². The minimum absolute atomic E-state index is 0.0190. The van der Waals surface area contributed by atoms with Crippen LogP contribution < -0.4 is 4.74 Å². The number of Topliss-reactive ketones (excluding diaryl/α,β-unsaturated/α-hetero) is 1. The van der Waals surface area contributed by atoms with Gasteiger partial charge in [-0.2, -0.15) is 0 Å². The van der Waals surface area contributed by atoms with Crippen LogP contribution in [-0.2, 0) is 0 Å². The minimum Gasteiger partial charge on any atom is -0.482 e. The zero-order valence-corrected chi connectivity index (χ0v) is 11.1. The lowest BCUT2D eigenvalue weighted by molar-refractivity contribution is 0.0918. The molecule has 19 heavy (non-hydrogen) atoms. The molecule has 0 N–H and O–H groups in total. The topological polar surface area (TPSA) is 26.3 Å². The molecule has 0 aliphatic rings. The average molecular weight is 279 g/mol. The predicted molar refractivity (Wildman–Crippen MR) is 72.4 cm³/mol. The molecule has 0 saturated carbocycles. The minimum atomic E-state index is -0.651. The fourth-order valence-electron chi connectivity index (χ4n) is 1.70. The van der Waals surface area contributed by atoms with E-state index in [-0.39, 0.29) is 23.2 Å². The second-order valence-corrected chi connectivity index (χ2v) is 4.49. The second-order valence-electron chi connectivity index (χ2n) is 4.08. The van der Waals surface area contributed by atoms with Crippen molar-refractivity contribution in [2.75, 3.05) is 6.61 Å². The number of aryl methyl sites for hydroxylation is 1. The third-order valence-electron chi connectivity index (χ3n) is 2.72. The average Bonchev–Trinajstić information content (AvgIpc) is 2.40. The van der Waals surface area contributed by atoms with Crippen molar-refractivity contribution in [1.82, 2.24) is 0 Å². The van der Waals surface area contributed by atoms with Crippen LogP contribution >= 0.6 is 11.6 Å². The van der Waals surface area contributed by atoms with E-state index in [0.29, 0.717) is 5.56 Å². The molecule has 0 atom stereocenters. The molecule has 0 aliphatic carbocycles. The number of hydrogen-bond acceptors (Lipinski definition) is 2. The molecule has 0 amide bonds. The van der Waals surface area contributed by atoms with Gasteiger partial charge in [0.2, 0.25) is 0 Å². The van der Waals surface area contributed by atoms with Crippen LogP contribution in [-0.4, -0.2) is 12.4 Å². The largest absolute Gasteiger partial charge is 0.482 e. The van der Waals surface area contributed by atoms with E-state index in [9.17, 15) is 9.18 Å². The first-order valence-corrected chi connectivity index (χ1v) is 6.13. The SMILES string of the molecule is Cc1ccccc1C(=O)COc1cccc(Cl)c1F. The van der Waals surface area contributed by atoms with Gasteiger partial charge in [0.15, 0.2) is 24.0 Å². The van der Waals surface area contributed by atoms with Crippen LogP contribution in [0, 0.1) is 12.7 Å². The number of ketones is 1. The standard InChI is InChI=1S/C15H12ClFO2/c1-10-5-2-3-6-11(10)13(18)9-19-14-8-4-7-12(16)15(14)17/h2-8H,9H2,1H3. The Bertz CT molecular complexity index is 611. The Morgan fingerprint density at radius 3 is 2.68 bits per heavy atom. The van der Waals surface area contributed by atoms with Crippen LogP contribution in [0.15, 0.2) is 42.5 Å². The predicted octanol–water partition coefficient (Wildman–Crippen LogP) is 4.05. The molecule has 0 aliphatic heterocycles. The summed E-state index contributed by atoms with van der Waals surface area (Å²) in [5.41, 5.74) is 1.44. The summed E-state index contributed by atoms with van der Waals surface area (Å²) in [4.78, 5) is 12.0. The van der Waals surface area contributed by atoms with Crippen LogP contribution in [0.4, 0.5) is 4.39 Å². The Hall–Kier alpha value is -1.87. The zero-order valence-electron chi connectivity index (χ0n) is 10.3. The van der Waals surface area contributed by atoms with Crippen LogP contribution in [0.5, 0.6) is 5.75 Å². The third-order valence-corrected chi connectivity index (χ3v) is 3.01. The molecule has 2 rings (SSSR count). The maximum atomic E-state index is 13.6. The maximum absolute atomic E-state index is 13.6. The molecule has 2 aromatic carbocycles. The smallest absolute Gasteiger partial charge is 0.200 e. The van der Waals surface area contributed by atoms with E-state index in [1.807, 2.05) is 19.1 Å². The van der Waals surface area contributed by atoms with Crippen molar-refractivity contribution in [3.63, 3.8) is 0 Å². The molecule has 0 heterocycles. The van der Waals surface area contributed by atoms with Gasteiger partial charge in [0.1, 0.15) is 0 Å². The Morgan fingerprint density at radius 1 is 1.21 bits per heavy atom. The molecule has 0 fully saturated rings. The van der Waals surface area contributed by atoms with E-state index < -0.39 is 5.82 Å². The van der Waals surface area contributed by atoms with Gasteiger partial charge in [-0.15, -0.1) is 0 Å². The molecule has 0 unspecified atom stereocenters. The van der Waals surface area contributed by atoms with Crippen molar-refractivity contribution >= 4 is 17.4 Å². The lowest BCUT2D eigenvalue weighted by Gasteiger charge is -2.08. The lowest BCUT2D eigenvalue weighted by atomic mass is 10.1. The van der Waals surface area contributed by atoms with Crippen molar-refractivity contribution in [2.24, 2.45) is 0 Å². The number of halogens is 2. The lowest BCUT2D eigenvalue weighted by Crippen LogP contribution is -2.13. The van der Waals surface area contributed by atoms with Gasteiger partial charge >= 0.3 is 0 Å². The van der Waals surface area contributed by atoms with Crippen molar-refractivity contribution in [3.05, 3.63) is 64.4 Å². The Morgan fingerprint density at radius 2 is 1.95 bits per heavy atom. The number of ether oxygens (including phenoxy) is 1. The molecular formula is C15H12ClFO2. The molecule has 98 valence electrons. The number of rotatable bonds is 4. The molecule has 0 aromatic heterocycles. The van der Waals surface area contributed by atoms with E-state index in [4.69, 9.17) is 16.3 Å². The van der Waals surface area contributed by atoms with E-state index in [2.05, 4.69) is 0 Å². The highest BCUT2D eigenvalue weighted by Crippen LogP contribution is 2.24. The van der Waals surface area contributed by atoms with Crippen molar-refractivity contribution in [1.29, 1.82) is 0 Å². The highest BCUT2D eigenvalue weighted by molar-refractivity contribution is 6.30. The van der Waals surface area contributed by atoms with Gasteiger partial charge in [0.25, 0.3) is 0 Å². The molecule has 4 heteroatoms. The summed E-state index contributed by atoms with van der Waals surface area (Å²) in [7, 11) is 0. The third kappa shape index (κ3) is 3.12. The van der Waals surface area contributed by atoms with Gasteiger partial charge in [-0.3, -0.25) is 4.79 Å². The number of carbonyl (C=O) groups excluding carboxylic acids is 1. The van der Waals surface area contributed by atoms with E-state index in [0.717, 1.165) is 5.56 Å². The van der Waals surface area contributed by atoms with Crippen LogP contribution in [0.25, 0.3) is 0 Å². The summed E-state index contributed by atoms with van der Waals surface area (Å²) >= 11 is 5.63. The first kappa shape index (κ1) is 13.6. The normalized spacial score (nSPS) is 10.3. The zero-order chi connectivity index (χ0) is 13.8. The van der Waals surface area contributed by atoms with Gasteiger partial charge in [-0.05, 0) is 24.6 Å². The van der Waals surface area contributed by atoms with Gasteiger partial charge in [0.05, 0.1) is 5.02 Å². The van der Waals surface area contributed by atoms with E-state index >= 15 is 0 Å². The van der Waals surface area contributed by atoms with Crippen LogP contribution in [0.2, 0.25) is 5.02 Å². The number of carbonyl (C=O) groups is 1. The quantitative estimate of drug-likeness (QED) is 0.789. The van der Waals surface area contributed by atoms with Crippen molar-refractivity contribution < 1.29 is 13.9 Å². The summed E-state index contributed by atoms with van der Waals surface area (Å²) in [5, 5.41) is -0.0270. The monoisotopic (exact) mass is 278 g/mol. The summed E-state index contributed by atoms with van der Waals surface area (Å²) < 4.78 is 18.7. The second kappa shape index (κ2) is 5.85. The summed E-state index contributed by atoms with van der Waals surface area (Å²) in [5.74, 6) is -0.867. The Kier molecular flexibility index (Phi) is 4.17. The number of hydrogen-bond donors (Lipinski definition) is 0. The van der Waals surface area contributed by atoms with Crippen molar-refractivity contribution in [3.8, 4) is 5.75 Å². The molecule has 0 saturated heterocycles. The van der Waals surface area contributed by atoms with Crippen LogP contribution in [0.1, 0.15) is 15.9 Å². The van der Waals surface area contributed by atoms with Gasteiger partial charge in [0, 0.05) is 5.56 Å². The highest BCUT2D eigenvalue weighted by atomic mass is 35.5. The fraction of sp³-hybridized carbons (Fsp3) is 0.133. The molecule has 0 radical (unpaired) electrons. The first-order chi connectivity index (χ1) is 9.09. The maximum Gasteiger partial charge on any atom is 0.200 e. The Balaban J connectivity index is 2.09. The molecular weight excluding hydrogens is 267 g/mol. The number of benzene rings is 2. The van der Waals surface area contributed by atoms with E-state index in [1.54, 1.807) is 18.2 Å². The highest BCUT2D eigenvalue weighted by Gasteiger charge is 2.12. The Labute approximate surface area is 115 Å². The molecule has 2 aromatic rings. The molecule has 0 spiro atoms. The van der Waals surface area contributed by atoms with E-state index in [1.165, 1.54) is 12.1 Å². The first-order valence-electron chi connectivity index (χ1n) is 5.75. The van der Waals surface area contributed by atoms with Gasteiger partial charge in [-0.25, -0.2) is 4.39 Å². The molecule has 2 nitrogen and oxygen atoms in total. The summed E-state index contributed by atoms with van der Waals surface area (Å²) in [6.07, 6.45) is 0. The fourth-order valence-corrected chi connectivity index (χ4v) is 1.87. The summed E-state index contributed by atoms with van der Waals surface area (Å²) in [6.45, 7) is 1.62. The van der Waals surface area contributed by atoms with Crippen molar-refractivity contribution in [2.45, 2.75) is 6.92 Å². The van der Waals surface area contributed by atoms with Crippen LogP contribution in [0.3, 0.4) is 0 Å².